The summed E-state index contributed by atoms with van der Waals surface area (Å²) in [5.74, 6) is 0.446. The van der Waals surface area contributed by atoms with Crippen molar-refractivity contribution in [3.05, 3.63) is 55.6 Å². The molecule has 0 saturated carbocycles. The first-order chi connectivity index (χ1) is 9.54. The Morgan fingerprint density at radius 1 is 1.25 bits per heavy atom. The van der Waals surface area contributed by atoms with Gasteiger partial charge in [0.25, 0.3) is 0 Å². The van der Waals surface area contributed by atoms with Gasteiger partial charge in [0.05, 0.1) is 3.79 Å². The first kappa shape index (κ1) is 16.0. The van der Waals surface area contributed by atoms with Crippen molar-refractivity contribution in [2.75, 3.05) is 6.54 Å². The molecule has 0 fully saturated rings. The van der Waals surface area contributed by atoms with Gasteiger partial charge in [0.1, 0.15) is 0 Å². The maximum atomic E-state index is 6.13. The molecule has 1 N–H and O–H groups in total. The summed E-state index contributed by atoms with van der Waals surface area (Å²) in [6.07, 6.45) is 1.04. The number of benzene rings is 1. The van der Waals surface area contributed by atoms with Gasteiger partial charge < -0.3 is 5.32 Å². The van der Waals surface area contributed by atoms with Gasteiger partial charge in [0.15, 0.2) is 0 Å². The molecular weight excluding hydrogens is 354 g/mol. The third-order valence-corrected chi connectivity index (χ3v) is 5.05. The van der Waals surface area contributed by atoms with Crippen molar-refractivity contribution >= 4 is 38.9 Å². The summed E-state index contributed by atoms with van der Waals surface area (Å²) in [5.41, 5.74) is 1.30. The van der Waals surface area contributed by atoms with E-state index < -0.39 is 0 Å². The number of hydrogen-bond acceptors (Lipinski definition) is 2. The van der Waals surface area contributed by atoms with Crippen LogP contribution in [-0.2, 0) is 6.42 Å². The number of hydrogen-bond donors (Lipinski definition) is 1. The minimum Gasteiger partial charge on any atom is -0.314 e. The van der Waals surface area contributed by atoms with Gasteiger partial charge in [0, 0.05) is 28.4 Å². The van der Waals surface area contributed by atoms with Gasteiger partial charge in [-0.15, -0.1) is 11.3 Å². The molecule has 0 aliphatic carbocycles. The fourth-order valence-electron chi connectivity index (χ4n) is 2.15. The zero-order valence-corrected chi connectivity index (χ0v) is 14.9. The van der Waals surface area contributed by atoms with Crippen LogP contribution in [0, 0.1) is 0 Å². The van der Waals surface area contributed by atoms with Crippen LogP contribution in [0.3, 0.4) is 0 Å². The second-order valence-electron chi connectivity index (χ2n) is 5.22. The van der Waals surface area contributed by atoms with E-state index in [0.29, 0.717) is 12.0 Å². The Hall–Kier alpha value is -0.350. The Balaban J connectivity index is 2.15. The Kier molecular flexibility index (Phi) is 6.09. The fraction of sp³-hybridized carbons (Fsp3) is 0.375. The molecule has 1 atom stereocenters. The van der Waals surface area contributed by atoms with Crippen LogP contribution in [0.15, 0.2) is 40.2 Å². The highest BCUT2D eigenvalue weighted by molar-refractivity contribution is 9.11. The molecule has 1 unspecified atom stereocenters. The van der Waals surface area contributed by atoms with E-state index in [1.165, 1.54) is 14.2 Å². The molecule has 2 rings (SSSR count). The summed E-state index contributed by atoms with van der Waals surface area (Å²) in [7, 11) is 0. The first-order valence-corrected chi connectivity index (χ1v) is 8.76. The van der Waals surface area contributed by atoms with Crippen LogP contribution in [-0.4, -0.2) is 12.6 Å². The van der Waals surface area contributed by atoms with Gasteiger partial charge >= 0.3 is 0 Å². The minimum absolute atomic E-state index is 0.446. The van der Waals surface area contributed by atoms with Crippen LogP contribution in [0.2, 0.25) is 5.02 Å². The highest BCUT2D eigenvalue weighted by Crippen LogP contribution is 2.29. The maximum absolute atomic E-state index is 6.13. The van der Waals surface area contributed by atoms with Crippen molar-refractivity contribution in [1.29, 1.82) is 0 Å². The molecule has 0 saturated heterocycles. The van der Waals surface area contributed by atoms with E-state index in [1.54, 1.807) is 11.3 Å². The number of nitrogens with one attached hydrogen (secondary N) is 1. The lowest BCUT2D eigenvalue weighted by Crippen LogP contribution is -2.28. The predicted molar refractivity (Wildman–Crippen MR) is 93.1 cm³/mol. The van der Waals surface area contributed by atoms with Crippen LogP contribution in [0.5, 0.6) is 0 Å². The van der Waals surface area contributed by atoms with Crippen LogP contribution < -0.4 is 5.32 Å². The summed E-state index contributed by atoms with van der Waals surface area (Å²) in [6.45, 7) is 5.32. The second-order valence-corrected chi connectivity index (χ2v) is 8.21. The predicted octanol–water partition coefficient (Wildman–Crippen LogP) is 5.49. The van der Waals surface area contributed by atoms with Crippen molar-refractivity contribution in [1.82, 2.24) is 5.32 Å². The minimum atomic E-state index is 0.446. The molecule has 0 aliphatic heterocycles. The lowest BCUT2D eigenvalue weighted by Gasteiger charge is -2.19. The summed E-state index contributed by atoms with van der Waals surface area (Å²) < 4.78 is 1.19. The average molecular weight is 373 g/mol. The molecular formula is C16H19BrClNS. The van der Waals surface area contributed by atoms with Crippen molar-refractivity contribution in [2.24, 2.45) is 0 Å². The lowest BCUT2D eigenvalue weighted by molar-refractivity contribution is 0.528. The van der Waals surface area contributed by atoms with Gasteiger partial charge in [-0.25, -0.2) is 0 Å². The third-order valence-electron chi connectivity index (χ3n) is 3.17. The topological polar surface area (TPSA) is 12.0 Å². The zero-order valence-electron chi connectivity index (χ0n) is 11.7. The van der Waals surface area contributed by atoms with Crippen LogP contribution in [0.4, 0.5) is 0 Å². The largest absolute Gasteiger partial charge is 0.314 e. The second kappa shape index (κ2) is 7.60. The molecule has 0 aliphatic rings. The van der Waals surface area contributed by atoms with Gasteiger partial charge in [-0.2, -0.15) is 0 Å². The number of rotatable bonds is 6. The van der Waals surface area contributed by atoms with Crippen molar-refractivity contribution in [3.63, 3.8) is 0 Å². The van der Waals surface area contributed by atoms with Crippen LogP contribution in [0.1, 0.15) is 30.2 Å². The highest BCUT2D eigenvalue weighted by Gasteiger charge is 2.14. The van der Waals surface area contributed by atoms with E-state index in [-0.39, 0.29) is 0 Å². The van der Waals surface area contributed by atoms with Crippen molar-refractivity contribution < 1.29 is 0 Å². The smallest absolute Gasteiger partial charge is 0.0701 e. The maximum Gasteiger partial charge on any atom is 0.0701 e. The van der Waals surface area contributed by atoms with E-state index in [4.69, 9.17) is 11.6 Å². The van der Waals surface area contributed by atoms with Crippen LogP contribution in [0.25, 0.3) is 0 Å². The quantitative estimate of drug-likeness (QED) is 0.707. The van der Waals surface area contributed by atoms with E-state index in [0.717, 1.165) is 18.0 Å². The van der Waals surface area contributed by atoms with Gasteiger partial charge in [-0.3, -0.25) is 0 Å². The molecule has 20 heavy (non-hydrogen) atoms. The Labute approximate surface area is 138 Å². The Morgan fingerprint density at radius 2 is 2.05 bits per heavy atom. The number of thiophene rings is 1. The lowest BCUT2D eigenvalue weighted by atomic mass is 9.94. The van der Waals surface area contributed by atoms with E-state index in [9.17, 15) is 0 Å². The Morgan fingerprint density at radius 3 is 2.65 bits per heavy atom. The summed E-state index contributed by atoms with van der Waals surface area (Å²) >= 11 is 11.5. The fourth-order valence-corrected chi connectivity index (χ4v) is 3.91. The van der Waals surface area contributed by atoms with E-state index >= 15 is 0 Å². The van der Waals surface area contributed by atoms with E-state index in [2.05, 4.69) is 59.4 Å². The summed E-state index contributed by atoms with van der Waals surface area (Å²) in [4.78, 5) is 1.40. The van der Waals surface area contributed by atoms with Crippen molar-refractivity contribution in [3.8, 4) is 0 Å². The third kappa shape index (κ3) is 4.88. The molecule has 0 spiro atoms. The molecule has 1 aromatic heterocycles. The molecule has 2 aromatic rings. The number of halogens is 2. The highest BCUT2D eigenvalue weighted by atomic mass is 79.9. The SMILES string of the molecule is CC(C)NCC(Cc1ccc(Br)s1)c1cccc(Cl)c1. The molecule has 1 heterocycles. The standard InChI is InChI=1S/C16H19BrClNS/c1-11(2)19-10-13(9-15-6-7-16(17)20-15)12-4-3-5-14(18)8-12/h3-8,11,13,19H,9-10H2,1-2H3. The summed E-state index contributed by atoms with van der Waals surface area (Å²) in [5, 5.41) is 4.35. The molecule has 0 amide bonds. The molecule has 0 bridgehead atoms. The van der Waals surface area contributed by atoms with Gasteiger partial charge in [-0.1, -0.05) is 37.6 Å². The molecule has 108 valence electrons. The monoisotopic (exact) mass is 371 g/mol. The normalized spacial score (nSPS) is 12.8. The Bertz CT molecular complexity index is 553. The molecule has 1 aromatic carbocycles. The molecule has 1 nitrogen and oxygen atoms in total. The molecule has 0 radical (unpaired) electrons. The van der Waals surface area contributed by atoms with Crippen LogP contribution >= 0.6 is 38.9 Å². The van der Waals surface area contributed by atoms with E-state index in [1.807, 2.05) is 12.1 Å². The van der Waals surface area contributed by atoms with Gasteiger partial charge in [-0.05, 0) is 52.2 Å². The van der Waals surface area contributed by atoms with Crippen molar-refractivity contribution in [2.45, 2.75) is 32.2 Å². The zero-order chi connectivity index (χ0) is 14.5. The average Bonchev–Trinajstić information content (AvgIpc) is 2.80. The summed E-state index contributed by atoms with van der Waals surface area (Å²) in [6, 6.07) is 13.0. The first-order valence-electron chi connectivity index (χ1n) is 6.77. The van der Waals surface area contributed by atoms with Gasteiger partial charge in [0.2, 0.25) is 0 Å². The molecule has 4 heteroatoms.